The van der Waals surface area contributed by atoms with Gasteiger partial charge in [0.15, 0.2) is 29.9 Å². The molecule has 15 rings (SSSR count). The van der Waals surface area contributed by atoms with E-state index in [2.05, 4.69) is 63.1 Å². The summed E-state index contributed by atoms with van der Waals surface area (Å²) in [6.07, 6.45) is -14.8. The molecule has 2 aromatic heterocycles. The molecule has 131 heavy (non-hydrogen) atoms. The highest BCUT2D eigenvalue weighted by Gasteiger charge is 2.52. The van der Waals surface area contributed by atoms with Crippen molar-refractivity contribution in [2.75, 3.05) is 32.1 Å². The molecule has 9 heterocycles. The van der Waals surface area contributed by atoms with Crippen molar-refractivity contribution in [1.82, 2.24) is 62.4 Å². The third kappa shape index (κ3) is 22.0. The number of aliphatic carboxylic acids is 1. The first-order valence-electron chi connectivity index (χ1n) is 41.2. The van der Waals surface area contributed by atoms with E-state index in [9.17, 15) is 75.0 Å². The number of rotatable bonds is 24. The van der Waals surface area contributed by atoms with Crippen LogP contribution in [0, 0.1) is 5.92 Å². The van der Waals surface area contributed by atoms with Gasteiger partial charge in [0.05, 0.1) is 46.9 Å². The lowest BCUT2D eigenvalue weighted by molar-refractivity contribution is -0.334. The summed E-state index contributed by atoms with van der Waals surface area (Å²) < 4.78 is 40.7. The first kappa shape index (κ1) is 96.6. The number of aromatic nitrogens is 3. The van der Waals surface area contributed by atoms with Crippen LogP contribution in [0.2, 0.25) is 20.1 Å². The Kier molecular flexibility index (Phi) is 30.4. The summed E-state index contributed by atoms with van der Waals surface area (Å²) in [4.78, 5) is 154. The number of phenolic OH excluding ortho intramolecular Hbond substituents is 3. The number of carbonyl (C=O) groups is 9. The molecule has 0 saturated carbocycles. The molecular weight excluding hydrogens is 1800 g/mol. The summed E-state index contributed by atoms with van der Waals surface area (Å²) in [5.41, 5.74) is 1.13. The predicted octanol–water partition coefficient (Wildman–Crippen LogP) is 3.28. The van der Waals surface area contributed by atoms with Crippen LogP contribution >= 0.6 is 46.4 Å². The van der Waals surface area contributed by atoms with Crippen LogP contribution in [0.25, 0.3) is 11.1 Å². The number of aliphatic hydroxyl groups excluding tert-OH is 6. The topological polar surface area (TPSA) is 605 Å². The number of carbonyl (C=O) groups excluding carboxylic acids is 8. The maximum absolute atomic E-state index is 16.5. The largest absolute Gasteiger partial charge is 0.507 e. The average molecular weight is 1890 g/mol. The predicted molar refractivity (Wildman–Crippen MR) is 466 cm³/mol. The molecular formula is C87H94Cl4N14O26. The fourth-order valence-corrected chi connectivity index (χ4v) is 16.9. The number of nitrogens with zero attached hydrogens (tertiary/aromatic N) is 3. The van der Waals surface area contributed by atoms with Crippen LogP contribution in [0.4, 0.5) is 5.82 Å². The number of anilines is 1. The Balaban J connectivity index is 0.952. The van der Waals surface area contributed by atoms with E-state index in [1.165, 1.54) is 61.1 Å². The highest BCUT2D eigenvalue weighted by atomic mass is 35.5. The minimum atomic E-state index is -2.42. The number of aliphatic hydroxyl groups is 6. The standard InChI is InChI=1S/C87H94Cl4N14O26/c1-36(2)21-51(93-5)78(117)103-67-69(110)40-9-12-55(49(90)25-40)127-57-27-42-28-58(74(57)131-85-75(73(114)72(113)59(35-106)129-85)130-62-32-87(4,76(115)37(3)126-62)96-18-20-105-19-15-61(99-86(105)125)98-77(116)43-22-44(88)29-45(89)23-43)128-56-13-10-41(26-50(56)91)70(111)68-83(122)102-66(84(123)124)47-30-54(108)48(34-95-17-14-38-7-6-16-94-33-38)71(112)63(47)46-24-39(8-11-53(46)107)64(80(119)104-68)101-81(120)65(42)100-79(118)52(31-60(92)109)97-82(67)121/h6-13,15-16,19,22-30,33,36-37,51-52,59,62,64-70,72-73,75-76,85,93,95-96,106-108,110-115H,14,17-18,20-21,31-32,34-35H2,1-5H3,(H2,92,109)(H,97,121)(H,100,118)(H,101,120)(H,102,122)(H,103,117)(H,104,119)(H,123,124)(H,98,99,116,125)/t37-,51+,52-,59+,62-,64+,65?,66+,67+,68-,69+,70+,72+,73-,75+,76+,85-,87-/m0/s1. The fourth-order valence-electron chi connectivity index (χ4n) is 15.9. The summed E-state index contributed by atoms with van der Waals surface area (Å²) >= 11 is 26.6. The van der Waals surface area contributed by atoms with Crippen LogP contribution in [-0.4, -0.2) is 224 Å². The number of ether oxygens (including phenoxy) is 6. The summed E-state index contributed by atoms with van der Waals surface area (Å²) in [5.74, 6) is -17.3. The molecule has 7 aliphatic rings. The van der Waals surface area contributed by atoms with Crippen molar-refractivity contribution in [3.63, 3.8) is 0 Å². The molecule has 696 valence electrons. The zero-order chi connectivity index (χ0) is 94.5. The lowest BCUT2D eigenvalue weighted by atomic mass is 9.85. The Hall–Kier alpha value is -11.9. The Morgan fingerprint density at radius 2 is 1.37 bits per heavy atom. The smallest absolute Gasteiger partial charge is 0.349 e. The van der Waals surface area contributed by atoms with Crippen molar-refractivity contribution < 1.29 is 123 Å². The molecule has 18 atom stereocenters. The average Bonchev–Trinajstić information content (AvgIpc) is 0.719. The summed E-state index contributed by atoms with van der Waals surface area (Å²) in [6.45, 7) is 5.38. The zero-order valence-corrected chi connectivity index (χ0v) is 73.3. The van der Waals surface area contributed by atoms with Crippen molar-refractivity contribution in [2.24, 2.45) is 11.7 Å². The number of primary amides is 1. The normalized spacial score (nSPS) is 25.3. The maximum atomic E-state index is 16.5. The van der Waals surface area contributed by atoms with Gasteiger partial charge in [-0.1, -0.05) is 84.5 Å². The van der Waals surface area contributed by atoms with Crippen LogP contribution in [-0.2, 0) is 72.1 Å². The number of carboxylic acids is 1. The van der Waals surface area contributed by atoms with Gasteiger partial charge in [0.2, 0.25) is 53.4 Å². The number of likely N-dealkylation sites (N-methyl/N-ethyl adjacent to an activating group) is 1. The number of phenols is 3. The number of aromatic hydroxyl groups is 3. The van der Waals surface area contributed by atoms with E-state index in [0.29, 0.717) is 6.42 Å². The molecule has 6 aromatic carbocycles. The Bertz CT molecular complexity index is 5750. The van der Waals surface area contributed by atoms with E-state index >= 15 is 24.0 Å². The molecule has 44 heteroatoms. The van der Waals surface area contributed by atoms with Crippen LogP contribution in [0.5, 0.6) is 46.0 Å². The van der Waals surface area contributed by atoms with E-state index in [1.54, 1.807) is 31.5 Å². The number of nitrogens with one attached hydrogen (secondary N) is 10. The number of amides is 8. The second-order valence-corrected chi connectivity index (χ2v) is 34.2. The third-order valence-corrected chi connectivity index (χ3v) is 23.8. The van der Waals surface area contributed by atoms with E-state index in [-0.39, 0.29) is 83.1 Å². The molecule has 7 aliphatic heterocycles. The van der Waals surface area contributed by atoms with Crippen molar-refractivity contribution in [2.45, 2.75) is 176 Å². The van der Waals surface area contributed by atoms with Crippen molar-refractivity contribution in [1.29, 1.82) is 0 Å². The van der Waals surface area contributed by atoms with E-state index in [4.69, 9.17) is 80.6 Å². The van der Waals surface area contributed by atoms with Crippen molar-refractivity contribution in [3.05, 3.63) is 203 Å². The maximum Gasteiger partial charge on any atom is 0.349 e. The first-order valence-corrected chi connectivity index (χ1v) is 42.7. The quantitative estimate of drug-likeness (QED) is 0.0386. The third-order valence-electron chi connectivity index (χ3n) is 22.8. The van der Waals surface area contributed by atoms with Gasteiger partial charge in [-0.25, -0.2) is 9.59 Å². The Morgan fingerprint density at radius 1 is 0.718 bits per heavy atom. The lowest BCUT2D eigenvalue weighted by Gasteiger charge is -2.48. The van der Waals surface area contributed by atoms with Gasteiger partial charge in [-0.05, 0) is 159 Å². The molecule has 22 N–H and O–H groups in total. The molecule has 40 nitrogen and oxygen atoms in total. The van der Waals surface area contributed by atoms with Crippen LogP contribution in [0.1, 0.15) is 127 Å². The number of carboxylic acid groups (broad SMARTS) is 1. The van der Waals surface area contributed by atoms with E-state index in [0.717, 1.165) is 66.2 Å². The molecule has 1 unspecified atom stereocenters. The second-order valence-electron chi connectivity index (χ2n) is 32.5. The number of nitrogens with two attached hydrogens (primary N) is 1. The number of pyridine rings is 1. The molecule has 0 spiro atoms. The van der Waals surface area contributed by atoms with E-state index in [1.807, 2.05) is 13.8 Å². The van der Waals surface area contributed by atoms with Crippen LogP contribution < -0.4 is 78.8 Å². The molecule has 8 amide bonds. The molecule has 2 fully saturated rings. The second kappa shape index (κ2) is 41.2. The fraction of sp³-hybridized carbons (Fsp3) is 0.379. The molecule has 0 aliphatic carbocycles. The summed E-state index contributed by atoms with van der Waals surface area (Å²) in [6, 6.07) is 7.09. The first-order chi connectivity index (χ1) is 62.3. The SMILES string of the molecule is CN[C@H](CC(C)C)C(=O)N[C@H]1C(=O)N[C@@H](CC(N)=O)C(=O)NC2C(=O)N[C@H]3C(=O)N[C@H](C(=O)N[C@@H](C(=O)O)c4cc(O)c(CNCCc5cccnc5)c(O)c4-c4cc3ccc4O)[C@H](O)c3ccc(c(Cl)c3)Oc3cc2cc(c3O[C@@H]2O[C@H](CO)[C@@H](O)[C@H](O)[C@H]2O[C@H]2C[C@](C)(NCCn3ccc(NC(=O)c4cc(Cl)cc(Cl)c4)nc3=O)[C@H](O)[C@H](C)O2)Oc2ccc(cc2Cl)[C@H]1O. The van der Waals surface area contributed by atoms with Gasteiger partial charge < -0.3 is 138 Å². The zero-order valence-electron chi connectivity index (χ0n) is 70.3. The summed E-state index contributed by atoms with van der Waals surface area (Å²) in [5, 5.41) is 146. The number of hydrogen-bond acceptors (Lipinski definition) is 30. The number of hydrogen-bond donors (Lipinski definition) is 21. The molecule has 2 saturated heterocycles. The summed E-state index contributed by atoms with van der Waals surface area (Å²) in [7, 11) is 1.46. The minimum Gasteiger partial charge on any atom is -0.507 e. The van der Waals surface area contributed by atoms with Crippen molar-refractivity contribution in [3.8, 4) is 57.1 Å². The van der Waals surface area contributed by atoms with Gasteiger partial charge in [0, 0.05) is 82.5 Å². The van der Waals surface area contributed by atoms with Gasteiger partial charge in [-0.2, -0.15) is 4.98 Å². The molecule has 8 aromatic rings. The van der Waals surface area contributed by atoms with Gasteiger partial charge in [0.1, 0.15) is 95.3 Å². The number of fused-ring (bicyclic) bond motifs is 15. The molecule has 11 bridgehead atoms. The van der Waals surface area contributed by atoms with Gasteiger partial charge in [-0.3, -0.25) is 47.9 Å². The van der Waals surface area contributed by atoms with Crippen LogP contribution in [0.15, 0.2) is 133 Å². The monoisotopic (exact) mass is 1890 g/mol. The van der Waals surface area contributed by atoms with Crippen molar-refractivity contribution >= 4 is 105 Å². The van der Waals surface area contributed by atoms with Gasteiger partial charge >= 0.3 is 11.7 Å². The van der Waals surface area contributed by atoms with Crippen LogP contribution in [0.3, 0.4) is 0 Å². The Morgan fingerprint density at radius 3 is 2.00 bits per heavy atom. The highest BCUT2D eigenvalue weighted by molar-refractivity contribution is 6.35. The minimum absolute atomic E-state index is 0.0573. The molecule has 0 radical (unpaired) electrons. The Labute approximate surface area is 765 Å². The van der Waals surface area contributed by atoms with Gasteiger partial charge in [0.25, 0.3) is 5.91 Å². The lowest BCUT2D eigenvalue weighted by Crippen LogP contribution is -2.65. The van der Waals surface area contributed by atoms with Gasteiger partial charge in [-0.15, -0.1) is 0 Å². The number of halogens is 4. The highest BCUT2D eigenvalue weighted by Crippen LogP contribution is 2.51. The van der Waals surface area contributed by atoms with E-state index < -0.39 is 265 Å². The number of benzene rings is 6.